The Balaban J connectivity index is 1.34. The van der Waals surface area contributed by atoms with E-state index in [9.17, 15) is 9.59 Å². The van der Waals surface area contributed by atoms with Gasteiger partial charge in [0.05, 0.1) is 36.0 Å². The van der Waals surface area contributed by atoms with Crippen molar-refractivity contribution in [2.45, 2.75) is 38.9 Å². The van der Waals surface area contributed by atoms with Crippen LogP contribution in [0.2, 0.25) is 0 Å². The summed E-state index contributed by atoms with van der Waals surface area (Å²) in [6.07, 6.45) is 4.11. The van der Waals surface area contributed by atoms with Gasteiger partial charge < -0.3 is 15.1 Å². The fourth-order valence-electron chi connectivity index (χ4n) is 4.68. The Hall–Kier alpha value is -3.96. The first-order valence-corrected chi connectivity index (χ1v) is 11.9. The molecule has 5 rings (SSSR count). The van der Waals surface area contributed by atoms with Crippen molar-refractivity contribution in [2.24, 2.45) is 5.92 Å². The van der Waals surface area contributed by atoms with Gasteiger partial charge in [0.1, 0.15) is 5.69 Å². The molecule has 0 radical (unpaired) electrons. The predicted octanol–water partition coefficient (Wildman–Crippen LogP) is 3.90. The lowest BCUT2D eigenvalue weighted by molar-refractivity contribution is 0.0933. The topological polar surface area (TPSA) is 94.3 Å². The van der Waals surface area contributed by atoms with Crippen LogP contribution in [-0.2, 0) is 13.1 Å². The molecule has 8 heteroatoms. The van der Waals surface area contributed by atoms with Gasteiger partial charge in [-0.3, -0.25) is 14.3 Å². The van der Waals surface area contributed by atoms with Gasteiger partial charge in [-0.05, 0) is 68.6 Å². The van der Waals surface area contributed by atoms with Gasteiger partial charge in [0.25, 0.3) is 11.8 Å². The minimum atomic E-state index is -0.432. The molecule has 178 valence electrons. The number of aromatic nitrogens is 2. The summed E-state index contributed by atoms with van der Waals surface area (Å²) in [6.45, 7) is 4.47. The van der Waals surface area contributed by atoms with Crippen molar-refractivity contribution in [2.75, 3.05) is 23.8 Å². The molecule has 35 heavy (non-hydrogen) atoms. The average Bonchev–Trinajstić information content (AvgIpc) is 3.55. The molecule has 1 aromatic heterocycles. The molecular weight excluding hydrogens is 440 g/mol. The number of fused-ring (bicyclic) bond motifs is 1. The van der Waals surface area contributed by atoms with Gasteiger partial charge in [0, 0.05) is 24.5 Å². The second-order valence-electron chi connectivity index (χ2n) is 9.57. The van der Waals surface area contributed by atoms with E-state index in [-0.39, 0.29) is 23.2 Å². The number of nitrogens with one attached hydrogen (secondary N) is 1. The normalized spacial score (nSPS) is 17.3. The summed E-state index contributed by atoms with van der Waals surface area (Å²) in [7, 11) is 2.15. The highest BCUT2D eigenvalue weighted by molar-refractivity contribution is 6.15. The molecule has 8 nitrogen and oxygen atoms in total. The lowest BCUT2D eigenvalue weighted by Gasteiger charge is -2.34. The predicted molar refractivity (Wildman–Crippen MR) is 133 cm³/mol. The molecule has 1 saturated carbocycles. The highest BCUT2D eigenvalue weighted by Crippen LogP contribution is 2.30. The van der Waals surface area contributed by atoms with E-state index in [0.29, 0.717) is 17.8 Å². The first kappa shape index (κ1) is 22.8. The maximum Gasteiger partial charge on any atom is 0.277 e. The van der Waals surface area contributed by atoms with Crippen molar-refractivity contribution in [3.63, 3.8) is 0 Å². The number of benzene rings is 2. The molecular formula is C27H28N6O2. The second kappa shape index (κ2) is 9.35. The second-order valence-corrected chi connectivity index (χ2v) is 9.57. The van der Waals surface area contributed by atoms with Gasteiger partial charge in [-0.1, -0.05) is 18.2 Å². The van der Waals surface area contributed by atoms with Crippen molar-refractivity contribution in [3.8, 4) is 6.07 Å². The Morgan fingerprint density at radius 2 is 2.00 bits per heavy atom. The first-order chi connectivity index (χ1) is 16.9. The average molecular weight is 469 g/mol. The molecule has 1 atom stereocenters. The summed E-state index contributed by atoms with van der Waals surface area (Å²) in [5.41, 5.74) is 3.43. The van der Waals surface area contributed by atoms with Crippen LogP contribution in [0.1, 0.15) is 51.7 Å². The molecule has 2 aromatic carbocycles. The molecule has 1 N–H and O–H groups in total. The molecule has 1 aliphatic carbocycles. The van der Waals surface area contributed by atoms with Gasteiger partial charge in [0.2, 0.25) is 0 Å². The smallest absolute Gasteiger partial charge is 0.277 e. The van der Waals surface area contributed by atoms with Crippen LogP contribution in [0.15, 0.2) is 54.7 Å². The Kier molecular flexibility index (Phi) is 6.10. The number of hydrogen-bond donors (Lipinski definition) is 1. The van der Waals surface area contributed by atoms with Crippen LogP contribution in [-0.4, -0.2) is 46.1 Å². The van der Waals surface area contributed by atoms with E-state index in [1.807, 2.05) is 19.1 Å². The van der Waals surface area contributed by atoms with Gasteiger partial charge in [-0.25, -0.2) is 0 Å². The third-order valence-electron chi connectivity index (χ3n) is 6.57. The molecule has 2 amide bonds. The molecule has 2 heterocycles. The Morgan fingerprint density at radius 3 is 2.71 bits per heavy atom. The van der Waals surface area contributed by atoms with Crippen molar-refractivity contribution in [1.29, 1.82) is 5.26 Å². The SMILES string of the molecule is C[C@H]1Cn2ncc(C(=O)Nc3cccc(C#N)c3)c2C(=O)N1c1ccc(CN(C)CC2CC2)cc1. The van der Waals surface area contributed by atoms with Crippen LogP contribution in [0.3, 0.4) is 0 Å². The van der Waals surface area contributed by atoms with Crippen LogP contribution in [0, 0.1) is 17.2 Å². The molecule has 1 aliphatic heterocycles. The molecule has 0 saturated heterocycles. The number of nitriles is 1. The highest BCUT2D eigenvalue weighted by atomic mass is 16.2. The monoisotopic (exact) mass is 468 g/mol. The van der Waals surface area contributed by atoms with Crippen LogP contribution >= 0.6 is 0 Å². The summed E-state index contributed by atoms with van der Waals surface area (Å²) in [6, 6.07) is 16.7. The summed E-state index contributed by atoms with van der Waals surface area (Å²) in [4.78, 5) is 30.7. The number of carbonyl (C=O) groups is 2. The van der Waals surface area contributed by atoms with Crippen molar-refractivity contribution >= 4 is 23.2 Å². The molecule has 1 fully saturated rings. The van der Waals surface area contributed by atoms with Crippen molar-refractivity contribution in [3.05, 3.63) is 77.1 Å². The number of rotatable bonds is 7. The summed E-state index contributed by atoms with van der Waals surface area (Å²) in [5.74, 6) is 0.159. The Labute approximate surface area is 204 Å². The molecule has 3 aromatic rings. The van der Waals surface area contributed by atoms with E-state index < -0.39 is 5.91 Å². The maximum absolute atomic E-state index is 13.6. The van der Waals surface area contributed by atoms with Crippen LogP contribution in [0.5, 0.6) is 0 Å². The third kappa shape index (κ3) is 4.81. The third-order valence-corrected chi connectivity index (χ3v) is 6.57. The van der Waals surface area contributed by atoms with Gasteiger partial charge in [0.15, 0.2) is 0 Å². The standard InChI is InChI=1S/C27H28N6O2/c1-18-15-32-25(24(14-29-32)26(34)30-22-5-3-4-21(12-22)13-28)27(35)33(18)23-10-8-20(9-11-23)17-31(2)16-19-6-7-19/h3-5,8-12,14,18-19H,6-7,15-17H2,1-2H3,(H,30,34)/t18-/m0/s1. The Bertz CT molecular complexity index is 1300. The quantitative estimate of drug-likeness (QED) is 0.568. The Morgan fingerprint density at radius 1 is 1.23 bits per heavy atom. The zero-order valence-corrected chi connectivity index (χ0v) is 19.9. The first-order valence-electron chi connectivity index (χ1n) is 11.9. The zero-order chi connectivity index (χ0) is 24.5. The molecule has 0 unspecified atom stereocenters. The minimum absolute atomic E-state index is 0.110. The van der Waals surface area contributed by atoms with Crippen LogP contribution in [0.4, 0.5) is 11.4 Å². The van der Waals surface area contributed by atoms with Crippen molar-refractivity contribution in [1.82, 2.24) is 14.7 Å². The van der Waals surface area contributed by atoms with E-state index in [1.165, 1.54) is 24.6 Å². The van der Waals surface area contributed by atoms with E-state index in [2.05, 4.69) is 40.6 Å². The number of carbonyl (C=O) groups excluding carboxylic acids is 2. The van der Waals surface area contributed by atoms with E-state index in [0.717, 1.165) is 24.7 Å². The van der Waals surface area contributed by atoms with Gasteiger partial charge >= 0.3 is 0 Å². The minimum Gasteiger partial charge on any atom is -0.322 e. The van der Waals surface area contributed by atoms with Crippen LogP contribution in [0.25, 0.3) is 0 Å². The fraction of sp³-hybridized carbons (Fsp3) is 0.333. The summed E-state index contributed by atoms with van der Waals surface area (Å²) < 4.78 is 1.60. The number of anilines is 2. The molecule has 2 aliphatic rings. The lowest BCUT2D eigenvalue weighted by atomic mass is 10.1. The molecule has 0 spiro atoms. The summed E-state index contributed by atoms with van der Waals surface area (Å²) in [5, 5.41) is 16.2. The zero-order valence-electron chi connectivity index (χ0n) is 19.9. The van der Waals surface area contributed by atoms with Crippen molar-refractivity contribution < 1.29 is 9.59 Å². The number of hydrogen-bond acceptors (Lipinski definition) is 5. The lowest BCUT2D eigenvalue weighted by Crippen LogP contribution is -2.47. The van der Waals surface area contributed by atoms with Gasteiger partial charge in [-0.15, -0.1) is 0 Å². The summed E-state index contributed by atoms with van der Waals surface area (Å²) >= 11 is 0. The van der Waals surface area contributed by atoms with Crippen LogP contribution < -0.4 is 10.2 Å². The van der Waals surface area contributed by atoms with E-state index in [4.69, 9.17) is 5.26 Å². The maximum atomic E-state index is 13.6. The van der Waals surface area contributed by atoms with E-state index >= 15 is 0 Å². The fourth-order valence-corrected chi connectivity index (χ4v) is 4.68. The van der Waals surface area contributed by atoms with E-state index in [1.54, 1.807) is 33.8 Å². The largest absolute Gasteiger partial charge is 0.322 e. The van der Waals surface area contributed by atoms with Gasteiger partial charge in [-0.2, -0.15) is 10.4 Å². The number of nitrogens with zero attached hydrogens (tertiary/aromatic N) is 5. The number of amides is 2. The highest BCUT2D eigenvalue weighted by Gasteiger charge is 2.35. The molecule has 0 bridgehead atoms.